The number of thioether (sulfide) groups is 1. The third-order valence-corrected chi connectivity index (χ3v) is 4.91. The van der Waals surface area contributed by atoms with E-state index in [0.29, 0.717) is 6.04 Å². The van der Waals surface area contributed by atoms with Crippen LogP contribution in [-0.4, -0.2) is 39.7 Å². The van der Waals surface area contributed by atoms with E-state index in [1.807, 2.05) is 30.9 Å². The minimum Gasteiger partial charge on any atom is -0.374 e. The summed E-state index contributed by atoms with van der Waals surface area (Å²) in [6, 6.07) is 2.42. The van der Waals surface area contributed by atoms with Crippen LogP contribution in [0.5, 0.6) is 0 Å². The number of anilines is 1. The highest BCUT2D eigenvalue weighted by Gasteiger charge is 2.40. The molecule has 1 aromatic rings. The van der Waals surface area contributed by atoms with Gasteiger partial charge in [-0.2, -0.15) is 11.8 Å². The number of hydrogen-bond donors (Lipinski definition) is 1. The lowest BCUT2D eigenvalue weighted by Crippen LogP contribution is -2.44. The maximum absolute atomic E-state index is 6.02. The highest BCUT2D eigenvalue weighted by molar-refractivity contribution is 7.99. The molecule has 0 radical (unpaired) electrons. The van der Waals surface area contributed by atoms with Gasteiger partial charge in [-0.3, -0.25) is 0 Å². The molecule has 2 fully saturated rings. The fraction of sp³-hybridized carbons (Fsp3) is 0.692. The van der Waals surface area contributed by atoms with Gasteiger partial charge in [-0.25, -0.2) is 9.97 Å². The average Bonchev–Trinajstić information content (AvgIpc) is 2.77. The van der Waals surface area contributed by atoms with Crippen molar-refractivity contribution in [2.75, 3.05) is 23.4 Å². The first-order chi connectivity index (χ1) is 8.76. The smallest absolute Gasteiger partial charge is 0.129 e. The predicted octanol–water partition coefficient (Wildman–Crippen LogP) is 2.25. The second-order valence-electron chi connectivity index (χ2n) is 5.16. The van der Waals surface area contributed by atoms with E-state index >= 15 is 0 Å². The van der Waals surface area contributed by atoms with Crippen LogP contribution in [0, 0.1) is 6.92 Å². The van der Waals surface area contributed by atoms with Crippen molar-refractivity contribution in [3.05, 3.63) is 18.1 Å². The highest BCUT2D eigenvalue weighted by atomic mass is 32.2. The molecule has 1 N–H and O–H groups in total. The van der Waals surface area contributed by atoms with Gasteiger partial charge in [-0.05, 0) is 38.0 Å². The number of nitrogens with zero attached hydrogens (tertiary/aromatic N) is 2. The Labute approximate surface area is 112 Å². The lowest BCUT2D eigenvalue weighted by atomic mass is 9.90. The van der Waals surface area contributed by atoms with Gasteiger partial charge in [-0.1, -0.05) is 0 Å². The molecular formula is C13H19N3OS. The summed E-state index contributed by atoms with van der Waals surface area (Å²) in [5.74, 6) is 4.14. The van der Waals surface area contributed by atoms with E-state index in [1.54, 1.807) is 0 Å². The van der Waals surface area contributed by atoms with E-state index in [1.165, 1.54) is 12.2 Å². The van der Waals surface area contributed by atoms with Crippen LogP contribution in [0.1, 0.15) is 25.1 Å². The zero-order chi connectivity index (χ0) is 12.4. The van der Waals surface area contributed by atoms with Crippen molar-refractivity contribution in [1.82, 2.24) is 9.97 Å². The van der Waals surface area contributed by atoms with E-state index in [2.05, 4.69) is 15.3 Å². The van der Waals surface area contributed by atoms with Crippen molar-refractivity contribution in [1.29, 1.82) is 0 Å². The molecule has 0 aliphatic carbocycles. The van der Waals surface area contributed by atoms with Gasteiger partial charge in [0, 0.05) is 24.6 Å². The summed E-state index contributed by atoms with van der Waals surface area (Å²) in [5, 5.41) is 3.53. The first kappa shape index (κ1) is 12.2. The van der Waals surface area contributed by atoms with Crippen LogP contribution < -0.4 is 5.32 Å². The molecule has 98 valence electrons. The van der Waals surface area contributed by atoms with Gasteiger partial charge in [0.2, 0.25) is 0 Å². The quantitative estimate of drug-likeness (QED) is 0.888. The Morgan fingerprint density at radius 3 is 3.28 bits per heavy atom. The summed E-state index contributed by atoms with van der Waals surface area (Å²) in [6.45, 7) is 2.78. The summed E-state index contributed by atoms with van der Waals surface area (Å²) in [4.78, 5) is 8.54. The summed E-state index contributed by atoms with van der Waals surface area (Å²) >= 11 is 2.01. The van der Waals surface area contributed by atoms with E-state index in [-0.39, 0.29) is 5.60 Å². The van der Waals surface area contributed by atoms with Crippen molar-refractivity contribution < 1.29 is 4.74 Å². The molecule has 0 amide bonds. The van der Waals surface area contributed by atoms with Crippen LogP contribution in [0.4, 0.5) is 5.82 Å². The van der Waals surface area contributed by atoms with Crippen LogP contribution in [0.15, 0.2) is 12.3 Å². The number of rotatable bonds is 2. The topological polar surface area (TPSA) is 47.0 Å². The minimum absolute atomic E-state index is 0.128. The van der Waals surface area contributed by atoms with Crippen LogP contribution in [0.2, 0.25) is 0 Å². The van der Waals surface area contributed by atoms with Crippen molar-refractivity contribution in [2.24, 2.45) is 0 Å². The van der Waals surface area contributed by atoms with Gasteiger partial charge in [0.1, 0.15) is 11.6 Å². The minimum atomic E-state index is 0.128. The Morgan fingerprint density at radius 1 is 1.56 bits per heavy atom. The first-order valence-corrected chi connectivity index (χ1v) is 7.69. The molecule has 0 unspecified atom stereocenters. The zero-order valence-corrected chi connectivity index (χ0v) is 11.5. The van der Waals surface area contributed by atoms with Gasteiger partial charge >= 0.3 is 0 Å². The van der Waals surface area contributed by atoms with Gasteiger partial charge in [0.15, 0.2) is 0 Å². The van der Waals surface area contributed by atoms with Crippen LogP contribution in [-0.2, 0) is 4.74 Å². The molecule has 1 aromatic heterocycles. The highest BCUT2D eigenvalue weighted by Crippen LogP contribution is 2.38. The standard InChI is InChI=1S/C13H19N3OS/c1-10-14-5-2-12(15-10)16-11-3-6-17-13(8-11)4-7-18-9-13/h2,5,11H,3-4,6-9H2,1H3,(H,14,15,16)/t11-,13+/m1/s1. The number of aryl methyl sites for hydroxylation is 1. The number of aromatic nitrogens is 2. The third-order valence-electron chi connectivity index (χ3n) is 3.69. The maximum atomic E-state index is 6.02. The monoisotopic (exact) mass is 265 g/mol. The molecule has 0 aromatic carbocycles. The number of ether oxygens (including phenoxy) is 1. The molecule has 2 saturated heterocycles. The molecule has 18 heavy (non-hydrogen) atoms. The molecule has 0 saturated carbocycles. The van der Waals surface area contributed by atoms with E-state index in [9.17, 15) is 0 Å². The normalized spacial score (nSPS) is 31.7. The van der Waals surface area contributed by atoms with Crippen molar-refractivity contribution >= 4 is 17.6 Å². The number of hydrogen-bond acceptors (Lipinski definition) is 5. The summed E-state index contributed by atoms with van der Waals surface area (Å²) in [7, 11) is 0. The van der Waals surface area contributed by atoms with E-state index in [0.717, 1.165) is 36.8 Å². The predicted molar refractivity (Wildman–Crippen MR) is 74.0 cm³/mol. The number of nitrogens with one attached hydrogen (secondary N) is 1. The molecule has 3 rings (SSSR count). The van der Waals surface area contributed by atoms with Gasteiger partial charge in [0.05, 0.1) is 5.60 Å². The Kier molecular flexibility index (Phi) is 3.43. The second-order valence-corrected chi connectivity index (χ2v) is 6.26. The van der Waals surface area contributed by atoms with Gasteiger partial charge in [0.25, 0.3) is 0 Å². The lowest BCUT2D eigenvalue weighted by Gasteiger charge is -2.38. The van der Waals surface area contributed by atoms with Crippen molar-refractivity contribution in [3.8, 4) is 0 Å². The Morgan fingerprint density at radius 2 is 2.50 bits per heavy atom. The molecule has 2 aliphatic rings. The third kappa shape index (κ3) is 2.62. The van der Waals surface area contributed by atoms with Crippen LogP contribution in [0.3, 0.4) is 0 Å². The van der Waals surface area contributed by atoms with Crippen molar-refractivity contribution in [2.45, 2.75) is 37.8 Å². The molecular weight excluding hydrogens is 246 g/mol. The van der Waals surface area contributed by atoms with Crippen molar-refractivity contribution in [3.63, 3.8) is 0 Å². The molecule has 2 atom stereocenters. The Balaban J connectivity index is 1.66. The molecule has 4 nitrogen and oxygen atoms in total. The summed E-state index contributed by atoms with van der Waals surface area (Å²) in [6.07, 6.45) is 5.17. The Bertz CT molecular complexity index is 420. The molecule has 1 spiro atoms. The maximum Gasteiger partial charge on any atom is 0.129 e. The van der Waals surface area contributed by atoms with Crippen LogP contribution >= 0.6 is 11.8 Å². The first-order valence-electron chi connectivity index (χ1n) is 6.54. The summed E-state index contributed by atoms with van der Waals surface area (Å²) < 4.78 is 6.02. The molecule has 3 heterocycles. The summed E-state index contributed by atoms with van der Waals surface area (Å²) in [5.41, 5.74) is 0.128. The zero-order valence-electron chi connectivity index (χ0n) is 10.7. The van der Waals surface area contributed by atoms with Crippen LogP contribution in [0.25, 0.3) is 0 Å². The fourth-order valence-electron chi connectivity index (χ4n) is 2.76. The molecule has 5 heteroatoms. The van der Waals surface area contributed by atoms with E-state index in [4.69, 9.17) is 4.74 Å². The SMILES string of the molecule is Cc1nccc(N[C@@H]2CCO[C@@]3(CCSC3)C2)n1. The lowest BCUT2D eigenvalue weighted by molar-refractivity contribution is -0.0628. The van der Waals surface area contributed by atoms with Gasteiger partial charge in [-0.15, -0.1) is 0 Å². The average molecular weight is 265 g/mol. The largest absolute Gasteiger partial charge is 0.374 e. The second kappa shape index (κ2) is 5.05. The fourth-order valence-corrected chi connectivity index (χ4v) is 4.14. The van der Waals surface area contributed by atoms with Gasteiger partial charge < -0.3 is 10.1 Å². The van der Waals surface area contributed by atoms with E-state index < -0.39 is 0 Å². The molecule has 0 bridgehead atoms. The molecule has 2 aliphatic heterocycles. The Hall–Kier alpha value is -0.810.